The molecule has 9 heteroatoms. The highest BCUT2D eigenvalue weighted by Gasteiger charge is 2.27. The van der Waals surface area contributed by atoms with Crippen LogP contribution in [-0.2, 0) is 14.3 Å². The van der Waals surface area contributed by atoms with Crippen molar-refractivity contribution in [3.8, 4) is 17.7 Å². The first-order valence-electron chi connectivity index (χ1n) is 9.17. The number of nitrogens with zero attached hydrogens (tertiary/aromatic N) is 4. The van der Waals surface area contributed by atoms with E-state index in [9.17, 15) is 14.9 Å². The van der Waals surface area contributed by atoms with Crippen LogP contribution in [0.25, 0.3) is 11.7 Å². The average Bonchev–Trinajstić information content (AvgIpc) is 3.40. The highest BCUT2D eigenvalue weighted by Crippen LogP contribution is 2.29. The van der Waals surface area contributed by atoms with E-state index < -0.39 is 0 Å². The predicted molar refractivity (Wildman–Crippen MR) is 98.1 cm³/mol. The van der Waals surface area contributed by atoms with Gasteiger partial charge in [-0.25, -0.2) is 0 Å². The third-order valence-corrected chi connectivity index (χ3v) is 4.72. The first-order chi connectivity index (χ1) is 13.5. The van der Waals surface area contributed by atoms with Crippen LogP contribution in [0.4, 0.5) is 5.88 Å². The Labute approximate surface area is 162 Å². The maximum Gasteiger partial charge on any atom is 0.309 e. The van der Waals surface area contributed by atoms with E-state index in [0.717, 1.165) is 0 Å². The number of piperazine rings is 1. The minimum Gasteiger partial charge on any atom is -0.459 e. The number of furan rings is 1. The Bertz CT molecular complexity index is 860. The zero-order valence-electron chi connectivity index (χ0n) is 15.9. The lowest BCUT2D eigenvalue weighted by Gasteiger charge is -2.34. The van der Waals surface area contributed by atoms with E-state index >= 15 is 0 Å². The van der Waals surface area contributed by atoms with Crippen LogP contribution in [0.2, 0.25) is 0 Å². The highest BCUT2D eigenvalue weighted by molar-refractivity contribution is 5.81. The number of esters is 1. The minimum absolute atomic E-state index is 0.175. The number of ether oxygens (including phenoxy) is 1. The quantitative estimate of drug-likeness (QED) is 0.693. The van der Waals surface area contributed by atoms with E-state index in [-0.39, 0.29) is 36.0 Å². The summed E-state index contributed by atoms with van der Waals surface area (Å²) in [5, 5.41) is 9.34. The maximum atomic E-state index is 12.3. The molecule has 148 valence electrons. The fourth-order valence-electron chi connectivity index (χ4n) is 2.80. The molecule has 0 aromatic carbocycles. The Balaban J connectivity index is 1.58. The molecule has 1 aliphatic heterocycles. The monoisotopic (exact) mass is 386 g/mol. The van der Waals surface area contributed by atoms with E-state index in [1.807, 2.05) is 17.9 Å². The fraction of sp³-hybridized carbons (Fsp3) is 0.474. The zero-order valence-corrected chi connectivity index (χ0v) is 15.9. The van der Waals surface area contributed by atoms with Crippen molar-refractivity contribution >= 4 is 17.8 Å². The van der Waals surface area contributed by atoms with Crippen LogP contribution in [-0.4, -0.2) is 54.5 Å². The molecule has 3 rings (SSSR count). The normalized spacial score (nSPS) is 15.2. The standard InChI is InChI=1S/C19H22N4O5/c1-3-13(2)19(25)27-12-16(24)22-6-8-23(9-7-22)18-14(11-20)21-17(28-18)15-5-4-10-26-15/h4-5,10,13H,3,6-9,12H2,1-2H3. The summed E-state index contributed by atoms with van der Waals surface area (Å²) >= 11 is 0. The second kappa shape index (κ2) is 8.61. The Kier molecular flexibility index (Phi) is 5.99. The largest absolute Gasteiger partial charge is 0.459 e. The van der Waals surface area contributed by atoms with Gasteiger partial charge in [0, 0.05) is 26.2 Å². The van der Waals surface area contributed by atoms with Gasteiger partial charge in [-0.1, -0.05) is 13.8 Å². The number of hydrogen-bond donors (Lipinski definition) is 0. The summed E-state index contributed by atoms with van der Waals surface area (Å²) in [5.74, 6) is 0.241. The third-order valence-electron chi connectivity index (χ3n) is 4.72. The smallest absolute Gasteiger partial charge is 0.309 e. The first-order valence-corrected chi connectivity index (χ1v) is 9.17. The molecule has 0 radical (unpaired) electrons. The topological polar surface area (TPSA) is 113 Å². The average molecular weight is 386 g/mol. The molecule has 0 N–H and O–H groups in total. The van der Waals surface area contributed by atoms with Crippen molar-refractivity contribution in [3.63, 3.8) is 0 Å². The second-order valence-electron chi connectivity index (χ2n) is 6.55. The van der Waals surface area contributed by atoms with Crippen molar-refractivity contribution in [1.29, 1.82) is 5.26 Å². The lowest BCUT2D eigenvalue weighted by molar-refractivity contribution is -0.155. The molecule has 0 bridgehead atoms. The van der Waals surface area contributed by atoms with E-state index in [2.05, 4.69) is 4.98 Å². The number of rotatable bonds is 6. The summed E-state index contributed by atoms with van der Waals surface area (Å²) in [6.07, 6.45) is 2.17. The molecule has 2 aromatic rings. The number of amides is 1. The summed E-state index contributed by atoms with van der Waals surface area (Å²) in [6.45, 7) is 5.23. The van der Waals surface area contributed by atoms with Crippen LogP contribution in [0, 0.1) is 17.2 Å². The number of anilines is 1. The number of hydrogen-bond acceptors (Lipinski definition) is 8. The molecule has 1 fully saturated rings. The minimum atomic E-state index is -0.361. The summed E-state index contributed by atoms with van der Waals surface area (Å²) in [4.78, 5) is 31.7. The zero-order chi connectivity index (χ0) is 20.1. The van der Waals surface area contributed by atoms with Crippen LogP contribution >= 0.6 is 0 Å². The number of nitriles is 1. The van der Waals surface area contributed by atoms with Crippen molar-refractivity contribution in [3.05, 3.63) is 24.1 Å². The van der Waals surface area contributed by atoms with Crippen LogP contribution < -0.4 is 4.90 Å². The molecular formula is C19H22N4O5. The molecule has 0 aliphatic carbocycles. The predicted octanol–water partition coefficient (Wildman–Crippen LogP) is 2.04. The van der Waals surface area contributed by atoms with Crippen LogP contribution in [0.1, 0.15) is 26.0 Å². The molecular weight excluding hydrogens is 364 g/mol. The van der Waals surface area contributed by atoms with Gasteiger partial charge >= 0.3 is 5.97 Å². The summed E-state index contributed by atoms with van der Waals surface area (Å²) < 4.78 is 16.1. The van der Waals surface area contributed by atoms with Crippen molar-refractivity contribution in [2.24, 2.45) is 5.92 Å². The third kappa shape index (κ3) is 4.17. The molecule has 2 aromatic heterocycles. The molecule has 0 saturated carbocycles. The Morgan fingerprint density at radius 2 is 2.11 bits per heavy atom. The molecule has 3 heterocycles. The van der Waals surface area contributed by atoms with Gasteiger partial charge in [-0.05, 0) is 18.6 Å². The highest BCUT2D eigenvalue weighted by atomic mass is 16.5. The van der Waals surface area contributed by atoms with E-state index in [1.165, 1.54) is 6.26 Å². The van der Waals surface area contributed by atoms with Gasteiger partial charge in [-0.2, -0.15) is 10.2 Å². The molecule has 0 spiro atoms. The lowest BCUT2D eigenvalue weighted by Crippen LogP contribution is -2.50. The molecule has 1 unspecified atom stereocenters. The Morgan fingerprint density at radius 1 is 1.36 bits per heavy atom. The molecule has 28 heavy (non-hydrogen) atoms. The van der Waals surface area contributed by atoms with Gasteiger partial charge in [0.15, 0.2) is 12.4 Å². The van der Waals surface area contributed by atoms with Gasteiger partial charge in [-0.15, -0.1) is 0 Å². The Hall–Kier alpha value is -3.28. The lowest BCUT2D eigenvalue weighted by atomic mass is 10.1. The van der Waals surface area contributed by atoms with Crippen LogP contribution in [0.5, 0.6) is 0 Å². The number of oxazole rings is 1. The molecule has 1 saturated heterocycles. The summed E-state index contributed by atoms with van der Waals surface area (Å²) in [7, 11) is 0. The molecule has 1 amide bonds. The van der Waals surface area contributed by atoms with Crippen molar-refractivity contribution in [2.45, 2.75) is 20.3 Å². The Morgan fingerprint density at radius 3 is 2.71 bits per heavy atom. The van der Waals surface area contributed by atoms with E-state index in [0.29, 0.717) is 44.2 Å². The number of carbonyl (C=O) groups is 2. The van der Waals surface area contributed by atoms with E-state index in [4.69, 9.17) is 13.6 Å². The van der Waals surface area contributed by atoms with Gasteiger partial charge in [0.1, 0.15) is 6.07 Å². The number of aromatic nitrogens is 1. The summed E-state index contributed by atoms with van der Waals surface area (Å²) in [5.41, 5.74) is 0.175. The number of carbonyl (C=O) groups excluding carboxylic acids is 2. The molecule has 1 aliphatic rings. The summed E-state index contributed by atoms with van der Waals surface area (Å²) in [6, 6.07) is 5.45. The SMILES string of the molecule is CCC(C)C(=O)OCC(=O)N1CCN(c2oc(-c3ccco3)nc2C#N)CC1. The van der Waals surface area contributed by atoms with Gasteiger partial charge in [0.05, 0.1) is 12.2 Å². The fourth-order valence-corrected chi connectivity index (χ4v) is 2.80. The van der Waals surface area contributed by atoms with Crippen LogP contribution in [0.15, 0.2) is 27.2 Å². The van der Waals surface area contributed by atoms with Crippen LogP contribution in [0.3, 0.4) is 0 Å². The van der Waals surface area contributed by atoms with Crippen molar-refractivity contribution < 1.29 is 23.2 Å². The maximum absolute atomic E-state index is 12.3. The van der Waals surface area contributed by atoms with Gasteiger partial charge in [0.2, 0.25) is 11.6 Å². The second-order valence-corrected chi connectivity index (χ2v) is 6.55. The van der Waals surface area contributed by atoms with Crippen molar-refractivity contribution in [1.82, 2.24) is 9.88 Å². The molecule has 1 atom stereocenters. The van der Waals surface area contributed by atoms with Gasteiger partial charge in [-0.3, -0.25) is 9.59 Å². The van der Waals surface area contributed by atoms with Crippen molar-refractivity contribution in [2.75, 3.05) is 37.7 Å². The van der Waals surface area contributed by atoms with E-state index in [1.54, 1.807) is 24.0 Å². The first kappa shape index (κ1) is 19.5. The van der Waals surface area contributed by atoms with Gasteiger partial charge in [0.25, 0.3) is 11.8 Å². The molecule has 9 nitrogen and oxygen atoms in total. The van der Waals surface area contributed by atoms with Gasteiger partial charge < -0.3 is 23.4 Å².